The topological polar surface area (TPSA) is 67.1 Å². The first-order valence-electron chi connectivity index (χ1n) is 4.42. The summed E-state index contributed by atoms with van der Waals surface area (Å²) in [4.78, 5) is 11.1. The first-order valence-corrected chi connectivity index (χ1v) is 4.42. The second-order valence-electron chi connectivity index (χ2n) is 3.38. The third kappa shape index (κ3) is 1.64. The van der Waals surface area contributed by atoms with Gasteiger partial charge in [0.2, 0.25) is 0 Å². The third-order valence-electron chi connectivity index (χ3n) is 2.28. The first kappa shape index (κ1) is 10.6. The minimum atomic E-state index is -4.54. The maximum absolute atomic E-state index is 12.6. The van der Waals surface area contributed by atoms with Gasteiger partial charge >= 0.3 is 12.2 Å². The lowest BCUT2D eigenvalue weighted by Crippen LogP contribution is -2.44. The molecule has 7 heteroatoms. The Balaban J connectivity index is 2.55. The Kier molecular flexibility index (Phi) is 2.18. The summed E-state index contributed by atoms with van der Waals surface area (Å²) in [7, 11) is 0. The highest BCUT2D eigenvalue weighted by Crippen LogP contribution is 2.40. The van der Waals surface area contributed by atoms with Crippen molar-refractivity contribution in [3.05, 3.63) is 23.8 Å². The molecule has 4 nitrogen and oxygen atoms in total. The molecule has 0 spiro atoms. The molecule has 1 aromatic rings. The number of alkyl halides is 3. The van der Waals surface area contributed by atoms with E-state index in [9.17, 15) is 18.0 Å². The van der Waals surface area contributed by atoms with Gasteiger partial charge in [-0.3, -0.25) is 0 Å². The Morgan fingerprint density at radius 2 is 2.00 bits per heavy atom. The van der Waals surface area contributed by atoms with E-state index in [1.807, 2.05) is 5.32 Å². The smallest absolute Gasteiger partial charge is 0.397 e. The van der Waals surface area contributed by atoms with E-state index in [0.717, 1.165) is 0 Å². The lowest BCUT2D eigenvalue weighted by Gasteiger charge is -2.29. The number of urea groups is 1. The molecule has 2 amide bonds. The molecule has 0 saturated carbocycles. The van der Waals surface area contributed by atoms with Crippen molar-refractivity contribution in [3.8, 4) is 0 Å². The zero-order valence-electron chi connectivity index (χ0n) is 7.93. The molecule has 1 aliphatic heterocycles. The van der Waals surface area contributed by atoms with Crippen molar-refractivity contribution in [1.29, 1.82) is 0 Å². The van der Waals surface area contributed by atoms with Crippen molar-refractivity contribution in [2.45, 2.75) is 12.2 Å². The van der Waals surface area contributed by atoms with Crippen molar-refractivity contribution < 1.29 is 18.0 Å². The Hall–Kier alpha value is -1.92. The van der Waals surface area contributed by atoms with Gasteiger partial charge in [-0.05, 0) is 6.07 Å². The normalized spacial score (nSPS) is 19.7. The van der Waals surface area contributed by atoms with Crippen LogP contribution in [-0.4, -0.2) is 12.2 Å². The van der Waals surface area contributed by atoms with Crippen LogP contribution in [0.1, 0.15) is 11.6 Å². The van der Waals surface area contributed by atoms with Crippen LogP contribution in [0.15, 0.2) is 18.2 Å². The molecule has 1 unspecified atom stereocenters. The van der Waals surface area contributed by atoms with E-state index in [4.69, 9.17) is 5.73 Å². The van der Waals surface area contributed by atoms with Crippen LogP contribution in [0.25, 0.3) is 0 Å². The predicted octanol–water partition coefficient (Wildman–Crippen LogP) is 2.01. The Morgan fingerprint density at radius 1 is 1.31 bits per heavy atom. The number of hydrogen-bond acceptors (Lipinski definition) is 2. The van der Waals surface area contributed by atoms with Gasteiger partial charge in [0.25, 0.3) is 0 Å². The average Bonchev–Trinajstić information content (AvgIpc) is 2.17. The number of carbonyl (C=O) groups is 1. The van der Waals surface area contributed by atoms with Gasteiger partial charge < -0.3 is 16.4 Å². The number of amides is 2. The number of halogens is 3. The number of carbonyl (C=O) groups excluding carboxylic acids is 1. The SMILES string of the molecule is Nc1cccc2c1NC(=O)NC2C(F)(F)F. The van der Waals surface area contributed by atoms with Gasteiger partial charge in [0.1, 0.15) is 0 Å². The van der Waals surface area contributed by atoms with Gasteiger partial charge in [-0.1, -0.05) is 12.1 Å². The fraction of sp³-hybridized carbons (Fsp3) is 0.222. The molecular formula is C9H8F3N3O. The predicted molar refractivity (Wildman–Crippen MR) is 51.8 cm³/mol. The molecule has 0 aromatic heterocycles. The highest BCUT2D eigenvalue weighted by molar-refractivity contribution is 5.96. The largest absolute Gasteiger partial charge is 0.413 e. The molecule has 0 aliphatic carbocycles. The number of anilines is 2. The molecule has 0 radical (unpaired) electrons. The molecule has 0 bridgehead atoms. The molecule has 1 heterocycles. The summed E-state index contributed by atoms with van der Waals surface area (Å²) in [5.41, 5.74) is 5.56. The van der Waals surface area contributed by atoms with Crippen LogP contribution >= 0.6 is 0 Å². The molecule has 2 rings (SSSR count). The molecule has 86 valence electrons. The van der Waals surface area contributed by atoms with E-state index >= 15 is 0 Å². The number of benzene rings is 1. The van der Waals surface area contributed by atoms with Crippen LogP contribution < -0.4 is 16.4 Å². The number of para-hydroxylation sites is 1. The van der Waals surface area contributed by atoms with Gasteiger partial charge in [0.05, 0.1) is 11.4 Å². The van der Waals surface area contributed by atoms with E-state index in [-0.39, 0.29) is 16.9 Å². The van der Waals surface area contributed by atoms with Crippen LogP contribution in [0, 0.1) is 0 Å². The maximum Gasteiger partial charge on any atom is 0.413 e. The number of nitrogens with one attached hydrogen (secondary N) is 2. The van der Waals surface area contributed by atoms with Crippen LogP contribution in [0.4, 0.5) is 29.3 Å². The molecule has 4 N–H and O–H groups in total. The van der Waals surface area contributed by atoms with Gasteiger partial charge in [0.15, 0.2) is 6.04 Å². The average molecular weight is 231 g/mol. The van der Waals surface area contributed by atoms with E-state index in [2.05, 4.69) is 5.32 Å². The minimum Gasteiger partial charge on any atom is -0.397 e. The summed E-state index contributed by atoms with van der Waals surface area (Å²) in [6.07, 6.45) is -4.54. The van der Waals surface area contributed by atoms with E-state index in [1.165, 1.54) is 18.2 Å². The fourth-order valence-corrected chi connectivity index (χ4v) is 1.59. The minimum absolute atomic E-state index is 0.0218. The van der Waals surface area contributed by atoms with Crippen molar-refractivity contribution in [2.75, 3.05) is 11.1 Å². The summed E-state index contributed by atoms with van der Waals surface area (Å²) in [5.74, 6) is 0. The number of nitrogen functional groups attached to an aromatic ring is 1. The molecular weight excluding hydrogens is 223 g/mol. The summed E-state index contributed by atoms with van der Waals surface area (Å²) in [5, 5.41) is 4.06. The van der Waals surface area contributed by atoms with Gasteiger partial charge in [-0.2, -0.15) is 13.2 Å². The van der Waals surface area contributed by atoms with Crippen LogP contribution in [0.5, 0.6) is 0 Å². The lowest BCUT2D eigenvalue weighted by molar-refractivity contribution is -0.155. The monoisotopic (exact) mass is 231 g/mol. The number of rotatable bonds is 0. The quantitative estimate of drug-likeness (QED) is 0.598. The zero-order valence-corrected chi connectivity index (χ0v) is 7.93. The number of hydrogen-bond donors (Lipinski definition) is 3. The van der Waals surface area contributed by atoms with Crippen molar-refractivity contribution in [3.63, 3.8) is 0 Å². The molecule has 16 heavy (non-hydrogen) atoms. The first-order chi connectivity index (χ1) is 7.39. The summed E-state index contributed by atoms with van der Waals surface area (Å²) >= 11 is 0. The van der Waals surface area contributed by atoms with E-state index in [1.54, 1.807) is 0 Å². The van der Waals surface area contributed by atoms with Gasteiger partial charge in [-0.25, -0.2) is 4.79 Å². The molecule has 0 saturated heterocycles. The second kappa shape index (κ2) is 3.29. The van der Waals surface area contributed by atoms with E-state index < -0.39 is 18.2 Å². The molecule has 1 aromatic carbocycles. The van der Waals surface area contributed by atoms with Crippen molar-refractivity contribution >= 4 is 17.4 Å². The summed E-state index contributed by atoms with van der Waals surface area (Å²) in [6.45, 7) is 0. The lowest BCUT2D eigenvalue weighted by atomic mass is 10.0. The fourth-order valence-electron chi connectivity index (χ4n) is 1.59. The van der Waals surface area contributed by atoms with E-state index in [0.29, 0.717) is 0 Å². The highest BCUT2D eigenvalue weighted by atomic mass is 19.4. The van der Waals surface area contributed by atoms with Gasteiger partial charge in [-0.15, -0.1) is 0 Å². The number of nitrogens with two attached hydrogens (primary N) is 1. The highest BCUT2D eigenvalue weighted by Gasteiger charge is 2.45. The Labute approximate surface area is 88.6 Å². The zero-order chi connectivity index (χ0) is 11.9. The van der Waals surface area contributed by atoms with Gasteiger partial charge in [0, 0.05) is 5.56 Å². The van der Waals surface area contributed by atoms with Crippen molar-refractivity contribution in [1.82, 2.24) is 5.32 Å². The summed E-state index contributed by atoms with van der Waals surface area (Å²) < 4.78 is 37.9. The molecule has 1 atom stereocenters. The van der Waals surface area contributed by atoms with Crippen LogP contribution in [0.2, 0.25) is 0 Å². The Bertz CT molecular complexity index is 444. The Morgan fingerprint density at radius 3 is 2.62 bits per heavy atom. The maximum atomic E-state index is 12.6. The standard InChI is InChI=1S/C9H8F3N3O/c10-9(11,12)7-4-2-1-3-5(13)6(4)14-8(16)15-7/h1-3,7H,13H2,(H2,14,15,16). The third-order valence-corrected chi connectivity index (χ3v) is 2.28. The number of fused-ring (bicyclic) bond motifs is 1. The van der Waals surface area contributed by atoms with Crippen molar-refractivity contribution in [2.24, 2.45) is 0 Å². The van der Waals surface area contributed by atoms with Crippen LogP contribution in [0.3, 0.4) is 0 Å². The molecule has 0 fully saturated rings. The summed E-state index contributed by atoms with van der Waals surface area (Å²) in [6, 6.07) is 1.19. The van der Waals surface area contributed by atoms with Crippen LogP contribution in [-0.2, 0) is 0 Å². The molecule has 1 aliphatic rings. The second-order valence-corrected chi connectivity index (χ2v) is 3.38.